The number of anilines is 1. The third-order valence-corrected chi connectivity index (χ3v) is 3.75. The van der Waals surface area contributed by atoms with Gasteiger partial charge in [-0.1, -0.05) is 0 Å². The molecular formula is C15H18N4O3. The lowest BCUT2D eigenvalue weighted by Gasteiger charge is -2.32. The summed E-state index contributed by atoms with van der Waals surface area (Å²) in [7, 11) is 0. The molecule has 0 atom stereocenters. The number of hydrogen-bond acceptors (Lipinski definition) is 7. The van der Waals surface area contributed by atoms with Gasteiger partial charge >= 0.3 is 5.97 Å². The van der Waals surface area contributed by atoms with Crippen LogP contribution in [-0.2, 0) is 9.53 Å². The molecule has 7 nitrogen and oxygen atoms in total. The highest BCUT2D eigenvalue weighted by atomic mass is 16.5. The minimum atomic E-state index is -0.160. The molecule has 116 valence electrons. The van der Waals surface area contributed by atoms with E-state index in [1.54, 1.807) is 6.92 Å². The molecule has 0 bridgehead atoms. The molecule has 0 unspecified atom stereocenters. The maximum atomic E-state index is 11.5. The molecule has 2 heterocycles. The molecule has 0 saturated carbocycles. The van der Waals surface area contributed by atoms with Crippen LogP contribution in [-0.4, -0.2) is 30.6 Å². The van der Waals surface area contributed by atoms with E-state index in [1.165, 1.54) is 12.3 Å². The predicted molar refractivity (Wildman–Crippen MR) is 80.6 cm³/mol. The van der Waals surface area contributed by atoms with Crippen molar-refractivity contribution in [3.8, 4) is 6.07 Å². The second-order valence-electron chi connectivity index (χ2n) is 5.21. The van der Waals surface area contributed by atoms with Crippen LogP contribution in [0.15, 0.2) is 17.4 Å². The molecule has 1 fully saturated rings. The summed E-state index contributed by atoms with van der Waals surface area (Å²) in [5, 5.41) is 11.8. The second kappa shape index (κ2) is 7.50. The Labute approximate surface area is 128 Å². The minimum absolute atomic E-state index is 0.160. The zero-order chi connectivity index (χ0) is 15.9. The van der Waals surface area contributed by atoms with E-state index in [4.69, 9.17) is 10.00 Å². The van der Waals surface area contributed by atoms with Crippen LogP contribution in [0.4, 0.5) is 11.5 Å². The molecule has 2 rings (SSSR count). The largest absolute Gasteiger partial charge is 0.466 e. The van der Waals surface area contributed by atoms with Crippen molar-refractivity contribution in [1.82, 2.24) is 4.98 Å². The third-order valence-electron chi connectivity index (χ3n) is 3.75. The summed E-state index contributed by atoms with van der Waals surface area (Å²) in [5.41, 5.74) is 0.499. The fraction of sp³-hybridized carbons (Fsp3) is 0.533. The van der Waals surface area contributed by atoms with E-state index in [2.05, 4.69) is 10.2 Å². The number of pyridine rings is 1. The first-order valence-electron chi connectivity index (χ1n) is 7.32. The van der Waals surface area contributed by atoms with Crippen molar-refractivity contribution >= 4 is 17.5 Å². The van der Waals surface area contributed by atoms with Crippen molar-refractivity contribution in [3.05, 3.63) is 22.7 Å². The van der Waals surface area contributed by atoms with E-state index in [1.807, 2.05) is 11.0 Å². The Bertz CT molecular complexity index is 589. The van der Waals surface area contributed by atoms with Crippen molar-refractivity contribution in [3.63, 3.8) is 0 Å². The Morgan fingerprint density at radius 3 is 2.86 bits per heavy atom. The summed E-state index contributed by atoms with van der Waals surface area (Å²) >= 11 is 0. The number of piperidine rings is 1. The molecule has 0 aliphatic carbocycles. The van der Waals surface area contributed by atoms with Crippen LogP contribution >= 0.6 is 0 Å². The second-order valence-corrected chi connectivity index (χ2v) is 5.21. The van der Waals surface area contributed by atoms with Gasteiger partial charge in [0.25, 0.3) is 0 Å². The minimum Gasteiger partial charge on any atom is -0.466 e. The Kier molecular flexibility index (Phi) is 5.42. The number of nitrogens with zero attached hydrogens (tertiary/aromatic N) is 4. The fourth-order valence-electron chi connectivity index (χ4n) is 2.62. The number of esters is 1. The average molecular weight is 302 g/mol. The smallest absolute Gasteiger partial charge is 0.306 e. The first-order valence-corrected chi connectivity index (χ1v) is 7.32. The van der Waals surface area contributed by atoms with Crippen molar-refractivity contribution in [1.29, 1.82) is 5.26 Å². The molecule has 0 radical (unpaired) electrons. The molecular weight excluding hydrogens is 284 g/mol. The molecule has 1 saturated heterocycles. The van der Waals surface area contributed by atoms with E-state index in [0.717, 1.165) is 12.8 Å². The van der Waals surface area contributed by atoms with Gasteiger partial charge in [-0.3, -0.25) is 4.79 Å². The molecule has 7 heteroatoms. The van der Waals surface area contributed by atoms with Gasteiger partial charge < -0.3 is 9.64 Å². The molecule has 22 heavy (non-hydrogen) atoms. The average Bonchev–Trinajstić information content (AvgIpc) is 2.55. The topological polar surface area (TPSA) is 95.7 Å². The molecule has 0 N–H and O–H groups in total. The lowest BCUT2D eigenvalue weighted by molar-refractivity contribution is -0.144. The first kappa shape index (κ1) is 15.9. The van der Waals surface area contributed by atoms with E-state index in [0.29, 0.717) is 43.4 Å². The van der Waals surface area contributed by atoms with E-state index in [9.17, 15) is 9.70 Å². The maximum absolute atomic E-state index is 11.5. The van der Waals surface area contributed by atoms with Crippen molar-refractivity contribution in [2.75, 3.05) is 24.6 Å². The molecule has 0 aromatic carbocycles. The van der Waals surface area contributed by atoms with Crippen LogP contribution in [0.2, 0.25) is 0 Å². The van der Waals surface area contributed by atoms with Gasteiger partial charge in [-0.25, -0.2) is 4.98 Å². The highest BCUT2D eigenvalue weighted by molar-refractivity contribution is 5.69. The Hall–Kier alpha value is -2.49. The van der Waals surface area contributed by atoms with Gasteiger partial charge in [-0.05, 0) is 36.9 Å². The number of hydrogen-bond donors (Lipinski definition) is 0. The number of rotatable bonds is 5. The first-order chi connectivity index (χ1) is 10.7. The van der Waals surface area contributed by atoms with E-state index in [-0.39, 0.29) is 11.7 Å². The van der Waals surface area contributed by atoms with Gasteiger partial charge in [0.15, 0.2) is 11.5 Å². The van der Waals surface area contributed by atoms with Gasteiger partial charge in [0.2, 0.25) is 0 Å². The third kappa shape index (κ3) is 3.79. The number of nitroso groups, excluding NO2 is 1. The summed E-state index contributed by atoms with van der Waals surface area (Å²) in [4.78, 5) is 28.6. The van der Waals surface area contributed by atoms with Crippen molar-refractivity contribution < 1.29 is 9.53 Å². The van der Waals surface area contributed by atoms with Crippen LogP contribution in [0.1, 0.15) is 31.7 Å². The van der Waals surface area contributed by atoms with Crippen LogP contribution in [0, 0.1) is 22.2 Å². The zero-order valence-corrected chi connectivity index (χ0v) is 12.5. The highest BCUT2D eigenvalue weighted by Gasteiger charge is 2.24. The summed E-state index contributed by atoms with van der Waals surface area (Å²) in [6.07, 6.45) is 3.54. The van der Waals surface area contributed by atoms with E-state index < -0.39 is 0 Å². The normalized spacial score (nSPS) is 15.2. The maximum Gasteiger partial charge on any atom is 0.306 e. The van der Waals surface area contributed by atoms with Crippen molar-refractivity contribution in [2.24, 2.45) is 11.1 Å². The Morgan fingerprint density at radius 2 is 2.27 bits per heavy atom. The predicted octanol–water partition coefficient (Wildman–Crippen LogP) is 2.52. The van der Waals surface area contributed by atoms with Crippen LogP contribution in [0.5, 0.6) is 0 Å². The molecule has 0 amide bonds. The summed E-state index contributed by atoms with van der Waals surface area (Å²) in [6, 6.07) is 3.39. The number of carbonyl (C=O) groups excluding carboxylic acids is 1. The molecule has 1 aromatic heterocycles. The highest BCUT2D eigenvalue weighted by Crippen LogP contribution is 2.31. The lowest BCUT2D eigenvalue weighted by Crippen LogP contribution is -2.35. The summed E-state index contributed by atoms with van der Waals surface area (Å²) < 4.78 is 4.97. The van der Waals surface area contributed by atoms with Gasteiger partial charge in [-0.15, -0.1) is 4.91 Å². The summed E-state index contributed by atoms with van der Waals surface area (Å²) in [5.74, 6) is 0.637. The molecule has 0 spiro atoms. The van der Waals surface area contributed by atoms with Crippen LogP contribution in [0.3, 0.4) is 0 Å². The number of nitriles is 1. The molecule has 1 aliphatic heterocycles. The monoisotopic (exact) mass is 302 g/mol. The van der Waals surface area contributed by atoms with Gasteiger partial charge in [0.1, 0.15) is 6.07 Å². The van der Waals surface area contributed by atoms with Crippen molar-refractivity contribution in [2.45, 2.75) is 26.2 Å². The standard InChI is InChI=1S/C15H18N4O3/c1-2-22-14(20)8-11-3-5-19(6-4-11)15-13(18-21)7-12(9-16)10-17-15/h7,10-11H,2-6,8H2,1H3. The Morgan fingerprint density at radius 1 is 1.55 bits per heavy atom. The van der Waals surface area contributed by atoms with Crippen LogP contribution in [0.25, 0.3) is 0 Å². The van der Waals surface area contributed by atoms with Crippen LogP contribution < -0.4 is 4.90 Å². The quantitative estimate of drug-likeness (QED) is 0.612. The fourth-order valence-corrected chi connectivity index (χ4v) is 2.62. The van der Waals surface area contributed by atoms with E-state index >= 15 is 0 Å². The SMILES string of the molecule is CCOC(=O)CC1CCN(c2ncc(C#N)cc2N=O)CC1. The summed E-state index contributed by atoms with van der Waals surface area (Å²) in [6.45, 7) is 3.60. The Balaban J connectivity index is 1.98. The lowest BCUT2D eigenvalue weighted by atomic mass is 9.93. The van der Waals surface area contributed by atoms with Gasteiger partial charge in [0.05, 0.1) is 12.2 Å². The molecule has 1 aromatic rings. The molecule has 1 aliphatic rings. The number of carbonyl (C=O) groups is 1. The van der Waals surface area contributed by atoms with Gasteiger partial charge in [0, 0.05) is 25.7 Å². The number of aromatic nitrogens is 1. The number of ether oxygens (including phenoxy) is 1. The zero-order valence-electron chi connectivity index (χ0n) is 12.5. The van der Waals surface area contributed by atoms with Gasteiger partial charge in [-0.2, -0.15) is 5.26 Å².